The van der Waals surface area contributed by atoms with Gasteiger partial charge in [0.2, 0.25) is 0 Å². The van der Waals surface area contributed by atoms with Crippen molar-refractivity contribution in [1.82, 2.24) is 5.01 Å². The van der Waals surface area contributed by atoms with Crippen LogP contribution in [0, 0.1) is 10.1 Å². The first-order chi connectivity index (χ1) is 7.63. The SMILES string of the molecule is CN(CCCC(=O)c1ccc[n+]([O-])c1)N=O. The lowest BCUT2D eigenvalue weighted by Crippen LogP contribution is -2.25. The summed E-state index contributed by atoms with van der Waals surface area (Å²) in [6.07, 6.45) is 3.39. The van der Waals surface area contributed by atoms with Gasteiger partial charge in [-0.3, -0.25) is 9.80 Å². The Bertz CT molecular complexity index is 381. The van der Waals surface area contributed by atoms with Gasteiger partial charge in [-0.15, -0.1) is 4.91 Å². The van der Waals surface area contributed by atoms with Crippen molar-refractivity contribution >= 4 is 5.78 Å². The Kier molecular flexibility index (Phi) is 4.38. The molecule has 1 aromatic heterocycles. The van der Waals surface area contributed by atoms with E-state index >= 15 is 0 Å². The molecule has 0 bridgehead atoms. The van der Waals surface area contributed by atoms with E-state index in [-0.39, 0.29) is 5.78 Å². The average molecular weight is 223 g/mol. The van der Waals surface area contributed by atoms with E-state index in [9.17, 15) is 14.9 Å². The second-order valence-electron chi connectivity index (χ2n) is 3.44. The molecule has 1 aromatic rings. The molecule has 6 heteroatoms. The highest BCUT2D eigenvalue weighted by Gasteiger charge is 2.08. The number of nitrogens with zero attached hydrogens (tertiary/aromatic N) is 3. The number of aromatic nitrogens is 1. The van der Waals surface area contributed by atoms with Crippen LogP contribution in [0.5, 0.6) is 0 Å². The highest BCUT2D eigenvalue weighted by atomic mass is 16.5. The topological polar surface area (TPSA) is 76.7 Å². The maximum Gasteiger partial charge on any atom is 0.191 e. The standard InChI is InChI=1S/C10H13N3O3/c1-12(11-15)6-3-5-10(14)9-4-2-7-13(16)8-9/h2,4,7-8H,3,5-6H2,1H3. The monoisotopic (exact) mass is 223 g/mol. The van der Waals surface area contributed by atoms with Gasteiger partial charge < -0.3 is 5.21 Å². The van der Waals surface area contributed by atoms with Crippen molar-refractivity contribution < 1.29 is 9.52 Å². The first kappa shape index (κ1) is 12.1. The van der Waals surface area contributed by atoms with Crippen LogP contribution in [0.25, 0.3) is 0 Å². The molecule has 0 atom stereocenters. The van der Waals surface area contributed by atoms with Gasteiger partial charge in [0.25, 0.3) is 0 Å². The Labute approximate surface area is 93.0 Å². The van der Waals surface area contributed by atoms with Crippen molar-refractivity contribution in [3.05, 3.63) is 40.2 Å². The van der Waals surface area contributed by atoms with Crippen LogP contribution in [0.2, 0.25) is 0 Å². The lowest BCUT2D eigenvalue weighted by atomic mass is 10.1. The summed E-state index contributed by atoms with van der Waals surface area (Å²) in [6.45, 7) is 0.430. The van der Waals surface area contributed by atoms with Gasteiger partial charge in [-0.1, -0.05) is 0 Å². The minimum atomic E-state index is -0.107. The lowest BCUT2D eigenvalue weighted by molar-refractivity contribution is -0.605. The van der Waals surface area contributed by atoms with E-state index in [0.29, 0.717) is 29.7 Å². The van der Waals surface area contributed by atoms with E-state index < -0.39 is 0 Å². The van der Waals surface area contributed by atoms with Crippen molar-refractivity contribution in [1.29, 1.82) is 0 Å². The summed E-state index contributed by atoms with van der Waals surface area (Å²) in [5, 5.41) is 14.8. The van der Waals surface area contributed by atoms with E-state index in [1.54, 1.807) is 13.1 Å². The van der Waals surface area contributed by atoms with Crippen molar-refractivity contribution in [3.8, 4) is 0 Å². The fourth-order valence-electron chi connectivity index (χ4n) is 1.27. The summed E-state index contributed by atoms with van der Waals surface area (Å²) in [7, 11) is 1.55. The van der Waals surface area contributed by atoms with Gasteiger partial charge >= 0.3 is 0 Å². The number of nitroso groups, excluding NO2 is 1. The molecule has 16 heavy (non-hydrogen) atoms. The van der Waals surface area contributed by atoms with Gasteiger partial charge in [0, 0.05) is 26.1 Å². The van der Waals surface area contributed by atoms with Crippen LogP contribution in [-0.2, 0) is 0 Å². The summed E-state index contributed by atoms with van der Waals surface area (Å²) in [6, 6.07) is 3.12. The molecule has 0 aliphatic carbocycles. The Hall–Kier alpha value is -1.98. The summed E-state index contributed by atoms with van der Waals surface area (Å²) in [5.41, 5.74) is 0.388. The maximum absolute atomic E-state index is 11.6. The highest BCUT2D eigenvalue weighted by Crippen LogP contribution is 2.03. The third-order valence-electron chi connectivity index (χ3n) is 2.12. The number of Topliss-reactive ketones (excluding diaryl/α,β-unsaturated/α-hetero) is 1. The zero-order valence-corrected chi connectivity index (χ0v) is 9.00. The first-order valence-electron chi connectivity index (χ1n) is 4.90. The van der Waals surface area contributed by atoms with Crippen molar-refractivity contribution in [2.75, 3.05) is 13.6 Å². The molecule has 0 aliphatic rings. The van der Waals surface area contributed by atoms with Crippen LogP contribution in [0.4, 0.5) is 0 Å². The van der Waals surface area contributed by atoms with Crippen LogP contribution in [0.1, 0.15) is 23.2 Å². The minimum absolute atomic E-state index is 0.107. The number of hydrogen-bond donors (Lipinski definition) is 0. The van der Waals surface area contributed by atoms with Gasteiger partial charge in [-0.05, 0) is 12.5 Å². The van der Waals surface area contributed by atoms with E-state index in [1.807, 2.05) is 0 Å². The molecular formula is C10H13N3O3. The smallest absolute Gasteiger partial charge is 0.191 e. The molecular weight excluding hydrogens is 210 g/mol. The average Bonchev–Trinajstić information content (AvgIpc) is 2.28. The minimum Gasteiger partial charge on any atom is -0.619 e. The summed E-state index contributed by atoms with van der Waals surface area (Å²) in [5.74, 6) is -0.107. The molecule has 0 saturated heterocycles. The summed E-state index contributed by atoms with van der Waals surface area (Å²) in [4.78, 5) is 21.6. The number of pyridine rings is 1. The number of carbonyl (C=O) groups excluding carboxylic acids is 1. The predicted molar refractivity (Wildman–Crippen MR) is 57.4 cm³/mol. The lowest BCUT2D eigenvalue weighted by Gasteiger charge is -2.06. The molecule has 0 unspecified atom stereocenters. The number of hydrogen-bond acceptors (Lipinski definition) is 4. The molecule has 0 aliphatic heterocycles. The molecule has 0 saturated carbocycles. The quantitative estimate of drug-likeness (QED) is 0.236. The number of rotatable bonds is 6. The van der Waals surface area contributed by atoms with Gasteiger partial charge in [0.1, 0.15) is 0 Å². The Balaban J connectivity index is 2.44. The van der Waals surface area contributed by atoms with Crippen LogP contribution in [-0.4, -0.2) is 24.4 Å². The second kappa shape index (κ2) is 5.79. The summed E-state index contributed by atoms with van der Waals surface area (Å²) >= 11 is 0. The largest absolute Gasteiger partial charge is 0.619 e. The van der Waals surface area contributed by atoms with E-state index in [0.717, 1.165) is 0 Å². The third-order valence-corrected chi connectivity index (χ3v) is 2.12. The van der Waals surface area contributed by atoms with Gasteiger partial charge in [-0.25, -0.2) is 0 Å². The van der Waals surface area contributed by atoms with Crippen molar-refractivity contribution in [3.63, 3.8) is 0 Å². The Morgan fingerprint density at radius 1 is 1.62 bits per heavy atom. The van der Waals surface area contributed by atoms with E-state index in [2.05, 4.69) is 5.29 Å². The molecule has 0 aromatic carbocycles. The fourth-order valence-corrected chi connectivity index (χ4v) is 1.27. The predicted octanol–water partition coefficient (Wildman–Crippen LogP) is 0.896. The van der Waals surface area contributed by atoms with Crippen molar-refractivity contribution in [2.45, 2.75) is 12.8 Å². The normalized spacial score (nSPS) is 9.81. The van der Waals surface area contributed by atoms with Gasteiger partial charge in [0.05, 0.1) is 10.8 Å². The van der Waals surface area contributed by atoms with Gasteiger partial charge in [0.15, 0.2) is 18.2 Å². The zero-order chi connectivity index (χ0) is 12.0. The number of ketones is 1. The molecule has 0 spiro atoms. The molecule has 86 valence electrons. The zero-order valence-electron chi connectivity index (χ0n) is 9.00. The molecule has 6 nitrogen and oxygen atoms in total. The van der Waals surface area contributed by atoms with Crippen molar-refractivity contribution in [2.24, 2.45) is 5.29 Å². The number of carbonyl (C=O) groups is 1. The first-order valence-corrected chi connectivity index (χ1v) is 4.90. The van der Waals surface area contributed by atoms with Crippen LogP contribution in [0.15, 0.2) is 29.8 Å². The molecule has 0 amide bonds. The van der Waals surface area contributed by atoms with Gasteiger partial charge in [-0.2, -0.15) is 4.73 Å². The highest BCUT2D eigenvalue weighted by molar-refractivity contribution is 5.95. The fraction of sp³-hybridized carbons (Fsp3) is 0.400. The molecule has 0 radical (unpaired) electrons. The van der Waals surface area contributed by atoms with E-state index in [4.69, 9.17) is 0 Å². The molecule has 1 rings (SSSR count). The second-order valence-corrected chi connectivity index (χ2v) is 3.44. The van der Waals surface area contributed by atoms with Crippen LogP contribution < -0.4 is 4.73 Å². The third kappa shape index (κ3) is 3.64. The molecule has 0 N–H and O–H groups in total. The Morgan fingerprint density at radius 3 is 3.00 bits per heavy atom. The molecule has 1 heterocycles. The van der Waals surface area contributed by atoms with E-state index in [1.165, 1.54) is 23.5 Å². The van der Waals surface area contributed by atoms with Crippen LogP contribution >= 0.6 is 0 Å². The molecule has 0 fully saturated rings. The van der Waals surface area contributed by atoms with Crippen LogP contribution in [0.3, 0.4) is 0 Å². The summed E-state index contributed by atoms with van der Waals surface area (Å²) < 4.78 is 0.590. The Morgan fingerprint density at radius 2 is 2.38 bits per heavy atom. The maximum atomic E-state index is 11.6.